The fraction of sp³-hybridized carbons (Fsp3) is 0.440. The van der Waals surface area contributed by atoms with Gasteiger partial charge in [-0.2, -0.15) is 0 Å². The van der Waals surface area contributed by atoms with Gasteiger partial charge in [0.1, 0.15) is 18.4 Å². The van der Waals surface area contributed by atoms with Crippen molar-refractivity contribution in [2.75, 3.05) is 23.7 Å². The molecule has 0 radical (unpaired) electrons. The Labute approximate surface area is 212 Å². The van der Waals surface area contributed by atoms with Crippen molar-refractivity contribution in [2.24, 2.45) is 5.92 Å². The van der Waals surface area contributed by atoms with Crippen LogP contribution in [0.5, 0.6) is 0 Å². The number of hydrogen-bond acceptors (Lipinski definition) is 4. The predicted octanol–water partition coefficient (Wildman–Crippen LogP) is 4.13. The van der Waals surface area contributed by atoms with E-state index in [1.807, 2.05) is 13.8 Å². The number of amides is 2. The van der Waals surface area contributed by atoms with Gasteiger partial charge in [-0.3, -0.25) is 13.9 Å². The molecule has 192 valence electrons. The van der Waals surface area contributed by atoms with E-state index in [4.69, 9.17) is 11.6 Å². The Hall–Kier alpha value is -2.65. The SMILES string of the molecule is CC[C@H](C(=O)NCC(C)C)N(Cc1ccc(F)cc1)C(=O)CN(c1cc(Cl)ccc1C)S(C)(=O)=O. The van der Waals surface area contributed by atoms with Crippen LogP contribution in [0.3, 0.4) is 0 Å². The average molecular weight is 526 g/mol. The molecule has 2 rings (SSSR count). The van der Waals surface area contributed by atoms with E-state index in [1.54, 1.807) is 26.0 Å². The van der Waals surface area contributed by atoms with Crippen molar-refractivity contribution < 1.29 is 22.4 Å². The summed E-state index contributed by atoms with van der Waals surface area (Å²) in [5, 5.41) is 3.18. The summed E-state index contributed by atoms with van der Waals surface area (Å²) in [7, 11) is -3.86. The van der Waals surface area contributed by atoms with E-state index in [0.29, 0.717) is 29.1 Å². The highest BCUT2D eigenvalue weighted by Gasteiger charge is 2.32. The molecule has 0 saturated heterocycles. The number of aryl methyl sites for hydroxylation is 1. The lowest BCUT2D eigenvalue weighted by Crippen LogP contribution is -2.52. The third-order valence-corrected chi connectivity index (χ3v) is 6.82. The standard InChI is InChI=1S/C25H33ClFN3O4S/c1-6-22(25(32)28-14-17(2)3)29(15-19-8-11-21(27)12-9-19)24(31)16-30(35(5,33)34)23-13-20(26)10-7-18(23)4/h7-13,17,22H,6,14-16H2,1-5H3,(H,28,32)/t22-/m1/s1. The summed E-state index contributed by atoms with van der Waals surface area (Å²) < 4.78 is 39.8. The normalized spacial score (nSPS) is 12.3. The number of carbonyl (C=O) groups is 2. The monoisotopic (exact) mass is 525 g/mol. The molecule has 10 heteroatoms. The zero-order valence-corrected chi connectivity index (χ0v) is 22.3. The second-order valence-electron chi connectivity index (χ2n) is 8.91. The van der Waals surface area contributed by atoms with Crippen LogP contribution in [0.4, 0.5) is 10.1 Å². The molecule has 2 aromatic rings. The van der Waals surface area contributed by atoms with Crippen LogP contribution in [0.15, 0.2) is 42.5 Å². The second-order valence-corrected chi connectivity index (χ2v) is 11.3. The minimum absolute atomic E-state index is 0.0127. The molecule has 0 unspecified atom stereocenters. The number of anilines is 1. The molecule has 1 atom stereocenters. The molecule has 0 spiro atoms. The van der Waals surface area contributed by atoms with Crippen molar-refractivity contribution in [2.45, 2.75) is 46.7 Å². The maximum Gasteiger partial charge on any atom is 0.244 e. The van der Waals surface area contributed by atoms with Gasteiger partial charge in [-0.25, -0.2) is 12.8 Å². The third kappa shape index (κ3) is 8.21. The molecule has 0 aliphatic rings. The van der Waals surface area contributed by atoms with Gasteiger partial charge < -0.3 is 10.2 Å². The highest BCUT2D eigenvalue weighted by Crippen LogP contribution is 2.27. The molecule has 0 heterocycles. The lowest BCUT2D eigenvalue weighted by molar-refractivity contribution is -0.140. The summed E-state index contributed by atoms with van der Waals surface area (Å²) in [4.78, 5) is 28.0. The second kappa shape index (κ2) is 12.4. The Bertz CT molecular complexity index is 1140. The number of rotatable bonds is 11. The first-order chi connectivity index (χ1) is 16.3. The van der Waals surface area contributed by atoms with Gasteiger partial charge in [-0.15, -0.1) is 0 Å². The van der Waals surface area contributed by atoms with Gasteiger partial charge in [0.05, 0.1) is 11.9 Å². The zero-order valence-electron chi connectivity index (χ0n) is 20.7. The third-order valence-electron chi connectivity index (χ3n) is 5.46. The molecule has 0 aliphatic carbocycles. The van der Waals surface area contributed by atoms with Crippen LogP contribution in [-0.4, -0.2) is 50.5 Å². The van der Waals surface area contributed by atoms with Crippen LogP contribution in [-0.2, 0) is 26.2 Å². The molecule has 0 aliphatic heterocycles. The lowest BCUT2D eigenvalue weighted by atomic mass is 10.1. The first kappa shape index (κ1) is 28.6. The molecule has 35 heavy (non-hydrogen) atoms. The average Bonchev–Trinajstić information content (AvgIpc) is 2.78. The minimum atomic E-state index is -3.86. The van der Waals surface area contributed by atoms with Crippen LogP contribution in [0.1, 0.15) is 38.3 Å². The van der Waals surface area contributed by atoms with Crippen molar-refractivity contribution in [3.05, 3.63) is 64.4 Å². The maximum atomic E-state index is 13.6. The number of nitrogens with one attached hydrogen (secondary N) is 1. The Morgan fingerprint density at radius 2 is 1.74 bits per heavy atom. The van der Waals surface area contributed by atoms with Gasteiger partial charge in [-0.05, 0) is 54.7 Å². The highest BCUT2D eigenvalue weighted by molar-refractivity contribution is 7.92. The van der Waals surface area contributed by atoms with Gasteiger partial charge in [0, 0.05) is 18.1 Å². The summed E-state index contributed by atoms with van der Waals surface area (Å²) in [6.45, 7) is 7.35. The van der Waals surface area contributed by atoms with Crippen molar-refractivity contribution >= 4 is 39.1 Å². The first-order valence-electron chi connectivity index (χ1n) is 11.4. The van der Waals surface area contributed by atoms with Gasteiger partial charge in [0.25, 0.3) is 0 Å². The summed E-state index contributed by atoms with van der Waals surface area (Å²) in [6.07, 6.45) is 1.32. The van der Waals surface area contributed by atoms with E-state index in [0.717, 1.165) is 10.6 Å². The van der Waals surface area contributed by atoms with Crippen molar-refractivity contribution in [3.63, 3.8) is 0 Å². The van der Waals surface area contributed by atoms with Gasteiger partial charge >= 0.3 is 0 Å². The van der Waals surface area contributed by atoms with Gasteiger partial charge in [-0.1, -0.05) is 50.6 Å². The first-order valence-corrected chi connectivity index (χ1v) is 13.6. The van der Waals surface area contributed by atoms with Crippen LogP contribution in [0, 0.1) is 18.7 Å². The molecule has 0 aromatic heterocycles. The van der Waals surface area contributed by atoms with Crippen molar-refractivity contribution in [3.8, 4) is 0 Å². The van der Waals surface area contributed by atoms with E-state index in [1.165, 1.54) is 35.2 Å². The zero-order chi connectivity index (χ0) is 26.3. The Morgan fingerprint density at radius 1 is 1.11 bits per heavy atom. The number of benzene rings is 2. The molecular weight excluding hydrogens is 493 g/mol. The molecule has 1 N–H and O–H groups in total. The summed E-state index contributed by atoms with van der Waals surface area (Å²) in [5.41, 5.74) is 1.52. The number of halogens is 2. The van der Waals surface area contributed by atoms with E-state index in [2.05, 4.69) is 5.32 Å². The van der Waals surface area contributed by atoms with Crippen LogP contribution < -0.4 is 9.62 Å². The molecule has 2 amide bonds. The molecular formula is C25H33ClFN3O4S. The van der Waals surface area contributed by atoms with Crippen molar-refractivity contribution in [1.29, 1.82) is 0 Å². The van der Waals surface area contributed by atoms with E-state index in [-0.39, 0.29) is 24.1 Å². The van der Waals surface area contributed by atoms with E-state index in [9.17, 15) is 22.4 Å². The van der Waals surface area contributed by atoms with Crippen molar-refractivity contribution in [1.82, 2.24) is 10.2 Å². The van der Waals surface area contributed by atoms with Gasteiger partial charge in [0.15, 0.2) is 0 Å². The quantitative estimate of drug-likeness (QED) is 0.478. The number of hydrogen-bond donors (Lipinski definition) is 1. The molecule has 2 aromatic carbocycles. The van der Waals surface area contributed by atoms with E-state index < -0.39 is 34.3 Å². The highest BCUT2D eigenvalue weighted by atomic mass is 35.5. The number of sulfonamides is 1. The number of nitrogens with zero attached hydrogens (tertiary/aromatic N) is 2. The topological polar surface area (TPSA) is 86.8 Å². The Morgan fingerprint density at radius 3 is 2.29 bits per heavy atom. The fourth-order valence-corrected chi connectivity index (χ4v) is 4.64. The largest absolute Gasteiger partial charge is 0.354 e. The minimum Gasteiger partial charge on any atom is -0.354 e. The van der Waals surface area contributed by atoms with Crippen LogP contribution >= 0.6 is 11.6 Å². The number of carbonyl (C=O) groups excluding carboxylic acids is 2. The van der Waals surface area contributed by atoms with Crippen LogP contribution in [0.25, 0.3) is 0 Å². The summed E-state index contributed by atoms with van der Waals surface area (Å²) in [6, 6.07) is 9.57. The predicted molar refractivity (Wildman–Crippen MR) is 137 cm³/mol. The molecule has 0 saturated carbocycles. The van der Waals surface area contributed by atoms with Crippen LogP contribution in [0.2, 0.25) is 5.02 Å². The molecule has 0 fully saturated rings. The summed E-state index contributed by atoms with van der Waals surface area (Å²) in [5.74, 6) is -1.11. The van der Waals surface area contributed by atoms with E-state index >= 15 is 0 Å². The molecule has 7 nitrogen and oxygen atoms in total. The maximum absolute atomic E-state index is 13.6. The fourth-order valence-electron chi connectivity index (χ4n) is 3.57. The summed E-state index contributed by atoms with van der Waals surface area (Å²) >= 11 is 6.10. The smallest absolute Gasteiger partial charge is 0.244 e. The Kier molecular flexibility index (Phi) is 10.1. The van der Waals surface area contributed by atoms with Gasteiger partial charge in [0.2, 0.25) is 21.8 Å². The Balaban J connectivity index is 2.45. The molecule has 0 bridgehead atoms. The lowest BCUT2D eigenvalue weighted by Gasteiger charge is -2.33.